The Bertz CT molecular complexity index is 1460. The van der Waals surface area contributed by atoms with Gasteiger partial charge in [-0.15, -0.1) is 0 Å². The van der Waals surface area contributed by atoms with Crippen LogP contribution in [0.4, 0.5) is 0 Å². The molecule has 0 fully saturated rings. The first-order valence-electron chi connectivity index (χ1n) is 24.4. The number of carbonyl (C=O) groups excluding carboxylic acids is 3. The second-order valence-corrected chi connectivity index (χ2v) is 15.4. The number of allylic oxidation sites excluding steroid dienone is 24. The molecule has 0 saturated heterocycles. The number of unbranched alkanes of at least 4 members (excludes halogenated alkanes) is 11. The summed E-state index contributed by atoms with van der Waals surface area (Å²) in [6.07, 6.45) is 71.2. The fourth-order valence-electron chi connectivity index (χ4n) is 5.85. The second kappa shape index (κ2) is 49.9. The van der Waals surface area contributed by atoms with Crippen LogP contribution >= 0.6 is 0 Å². The van der Waals surface area contributed by atoms with Crippen LogP contribution in [0.5, 0.6) is 0 Å². The summed E-state index contributed by atoms with van der Waals surface area (Å²) in [5, 5.41) is 0. The van der Waals surface area contributed by atoms with Crippen molar-refractivity contribution >= 4 is 17.9 Å². The number of esters is 3. The lowest BCUT2D eigenvalue weighted by molar-refractivity contribution is -0.167. The van der Waals surface area contributed by atoms with E-state index < -0.39 is 6.10 Å². The monoisotopic (exact) mass is 867 g/mol. The Morgan fingerprint density at radius 1 is 0.349 bits per heavy atom. The Labute approximate surface area is 385 Å². The molecule has 0 aromatic heterocycles. The van der Waals surface area contributed by atoms with Gasteiger partial charge in [-0.05, 0) is 96.3 Å². The summed E-state index contributed by atoms with van der Waals surface area (Å²) in [5.74, 6) is -1.10. The molecule has 0 bridgehead atoms. The average molecular weight is 867 g/mol. The lowest BCUT2D eigenvalue weighted by Crippen LogP contribution is -2.30. The van der Waals surface area contributed by atoms with Crippen LogP contribution in [-0.4, -0.2) is 37.2 Å². The van der Waals surface area contributed by atoms with E-state index in [9.17, 15) is 14.4 Å². The van der Waals surface area contributed by atoms with Crippen molar-refractivity contribution in [2.75, 3.05) is 13.2 Å². The van der Waals surface area contributed by atoms with Gasteiger partial charge in [0.15, 0.2) is 6.10 Å². The number of hydrogen-bond acceptors (Lipinski definition) is 6. The van der Waals surface area contributed by atoms with Crippen molar-refractivity contribution in [3.05, 3.63) is 146 Å². The van der Waals surface area contributed by atoms with Crippen molar-refractivity contribution in [2.24, 2.45) is 0 Å². The van der Waals surface area contributed by atoms with Crippen molar-refractivity contribution in [1.29, 1.82) is 0 Å². The molecule has 0 aliphatic carbocycles. The van der Waals surface area contributed by atoms with Gasteiger partial charge in [-0.2, -0.15) is 0 Å². The van der Waals surface area contributed by atoms with Crippen molar-refractivity contribution in [3.8, 4) is 0 Å². The second-order valence-electron chi connectivity index (χ2n) is 15.4. The lowest BCUT2D eigenvalue weighted by atomic mass is 10.1. The first kappa shape index (κ1) is 58.3. The van der Waals surface area contributed by atoms with Crippen molar-refractivity contribution in [2.45, 2.75) is 181 Å². The summed E-state index contributed by atoms with van der Waals surface area (Å²) in [7, 11) is 0. The van der Waals surface area contributed by atoms with Crippen LogP contribution in [0.25, 0.3) is 0 Å². The fourth-order valence-corrected chi connectivity index (χ4v) is 5.85. The first-order chi connectivity index (χ1) is 31.0. The molecule has 1 unspecified atom stereocenters. The highest BCUT2D eigenvalue weighted by molar-refractivity contribution is 5.71. The normalized spacial score (nSPS) is 13.4. The van der Waals surface area contributed by atoms with Crippen LogP contribution in [-0.2, 0) is 28.6 Å². The Morgan fingerprint density at radius 3 is 1.22 bits per heavy atom. The fraction of sp³-hybridized carbons (Fsp3) is 0.526. The summed E-state index contributed by atoms with van der Waals surface area (Å²) >= 11 is 0. The number of ether oxygens (including phenoxy) is 3. The van der Waals surface area contributed by atoms with E-state index in [1.165, 1.54) is 32.1 Å². The smallest absolute Gasteiger partial charge is 0.306 e. The molecule has 0 radical (unpaired) electrons. The first-order valence-corrected chi connectivity index (χ1v) is 24.4. The van der Waals surface area contributed by atoms with Gasteiger partial charge in [0, 0.05) is 19.3 Å². The zero-order chi connectivity index (χ0) is 45.8. The van der Waals surface area contributed by atoms with Crippen molar-refractivity contribution < 1.29 is 28.6 Å². The molecular formula is C57H86O6. The van der Waals surface area contributed by atoms with Crippen LogP contribution in [0.15, 0.2) is 146 Å². The van der Waals surface area contributed by atoms with Crippen LogP contribution in [0, 0.1) is 0 Å². The minimum atomic E-state index is -0.841. The highest BCUT2D eigenvalue weighted by atomic mass is 16.6. The number of rotatable bonds is 41. The third kappa shape index (κ3) is 48.2. The van der Waals surface area contributed by atoms with Gasteiger partial charge in [0.2, 0.25) is 0 Å². The minimum absolute atomic E-state index is 0.141. The van der Waals surface area contributed by atoms with Crippen molar-refractivity contribution in [1.82, 2.24) is 0 Å². The number of hydrogen-bond donors (Lipinski definition) is 0. The van der Waals surface area contributed by atoms with Crippen molar-refractivity contribution in [3.63, 3.8) is 0 Å². The number of carbonyl (C=O) groups is 3. The highest BCUT2D eigenvalue weighted by Gasteiger charge is 2.19. The molecule has 350 valence electrons. The predicted molar refractivity (Wildman–Crippen MR) is 269 cm³/mol. The van der Waals surface area contributed by atoms with Gasteiger partial charge in [-0.1, -0.05) is 205 Å². The maximum atomic E-state index is 12.8. The quantitative estimate of drug-likeness (QED) is 0.0200. The highest BCUT2D eigenvalue weighted by Crippen LogP contribution is 2.12. The zero-order valence-electron chi connectivity index (χ0n) is 39.8. The van der Waals surface area contributed by atoms with Crippen LogP contribution in [0.1, 0.15) is 175 Å². The standard InChI is InChI=1S/C57H86O6/c1-4-7-10-13-16-19-22-25-27-28-30-32-35-38-41-44-47-50-56(59)62-53-54(52-61-55(58)49-46-43-40-37-34-31-24-21-18-15-12-9-6-3)63-57(60)51-48-45-42-39-36-33-29-26-23-20-17-14-11-8-5-2/h7,9-10,12,15-21,23-27,30-32,34,37-38,40-41,54H,4-6,8,11,13-14,22,28-29,33,35-36,39,42-53H2,1-3H3/b10-7+,12-9+,18-15+,19-16+,20-17+,24-21+,26-23+,27-25+,32-30+,34-31+,40-37+,41-38+. The van der Waals surface area contributed by atoms with Gasteiger partial charge in [0.1, 0.15) is 13.2 Å². The van der Waals surface area contributed by atoms with Gasteiger partial charge >= 0.3 is 17.9 Å². The van der Waals surface area contributed by atoms with E-state index in [4.69, 9.17) is 14.2 Å². The maximum absolute atomic E-state index is 12.8. The molecule has 0 aliphatic heterocycles. The zero-order valence-corrected chi connectivity index (χ0v) is 39.8. The predicted octanol–water partition coefficient (Wildman–Crippen LogP) is 16.1. The summed E-state index contributed by atoms with van der Waals surface area (Å²) < 4.78 is 16.6. The van der Waals surface area contributed by atoms with Gasteiger partial charge in [0.05, 0.1) is 0 Å². The third-order valence-corrected chi connectivity index (χ3v) is 9.46. The molecule has 0 amide bonds. The van der Waals surface area contributed by atoms with Gasteiger partial charge in [-0.3, -0.25) is 14.4 Å². The van der Waals surface area contributed by atoms with E-state index in [0.717, 1.165) is 89.9 Å². The SMILES string of the molecule is CC/C=C/C=C/C=C/C=C/C=C/CCCC(=O)OCC(COC(=O)CCC/C=C/C/C=C/C/C=C/C/C=C/C/C=C/CC)OC(=O)CCCCCCCC/C=C/C=C/CCCCC. The van der Waals surface area contributed by atoms with E-state index in [0.29, 0.717) is 12.8 Å². The summed E-state index contributed by atoms with van der Waals surface area (Å²) in [4.78, 5) is 37.9. The van der Waals surface area contributed by atoms with E-state index >= 15 is 0 Å². The summed E-state index contributed by atoms with van der Waals surface area (Å²) in [5.41, 5.74) is 0. The van der Waals surface area contributed by atoms with Gasteiger partial charge in [-0.25, -0.2) is 0 Å². The molecule has 0 heterocycles. The van der Waals surface area contributed by atoms with Gasteiger partial charge < -0.3 is 14.2 Å². The Morgan fingerprint density at radius 2 is 0.714 bits per heavy atom. The third-order valence-electron chi connectivity index (χ3n) is 9.46. The Balaban J connectivity index is 4.63. The summed E-state index contributed by atoms with van der Waals surface area (Å²) in [6, 6.07) is 0. The topological polar surface area (TPSA) is 78.9 Å². The summed E-state index contributed by atoms with van der Waals surface area (Å²) in [6.45, 7) is 6.19. The van der Waals surface area contributed by atoms with E-state index in [2.05, 4.69) is 112 Å². The molecule has 63 heavy (non-hydrogen) atoms. The molecule has 0 saturated carbocycles. The molecule has 0 aromatic carbocycles. The molecule has 6 nitrogen and oxygen atoms in total. The van der Waals surface area contributed by atoms with Crippen LogP contribution in [0.2, 0.25) is 0 Å². The van der Waals surface area contributed by atoms with E-state index in [1.807, 2.05) is 54.7 Å². The molecule has 0 aliphatic rings. The Kier molecular flexibility index (Phi) is 46.2. The molecule has 1 atom stereocenters. The largest absolute Gasteiger partial charge is 0.462 e. The lowest BCUT2D eigenvalue weighted by Gasteiger charge is -2.18. The van der Waals surface area contributed by atoms with Gasteiger partial charge in [0.25, 0.3) is 0 Å². The van der Waals surface area contributed by atoms with Crippen LogP contribution in [0.3, 0.4) is 0 Å². The molecule has 0 rings (SSSR count). The molecule has 0 spiro atoms. The van der Waals surface area contributed by atoms with Crippen LogP contribution < -0.4 is 0 Å². The molecule has 0 N–H and O–H groups in total. The Hall–Kier alpha value is -4.71. The average Bonchev–Trinajstić information content (AvgIpc) is 3.28. The molecular weight excluding hydrogens is 781 g/mol. The minimum Gasteiger partial charge on any atom is -0.462 e. The maximum Gasteiger partial charge on any atom is 0.306 e. The van der Waals surface area contributed by atoms with E-state index in [-0.39, 0.29) is 50.4 Å². The molecule has 6 heteroatoms. The molecule has 0 aromatic rings. The van der Waals surface area contributed by atoms with E-state index in [1.54, 1.807) is 0 Å².